The predicted molar refractivity (Wildman–Crippen MR) is 99.8 cm³/mol. The van der Waals surface area contributed by atoms with Gasteiger partial charge in [0.1, 0.15) is 6.54 Å². The van der Waals surface area contributed by atoms with Gasteiger partial charge in [-0.2, -0.15) is 5.10 Å². The van der Waals surface area contributed by atoms with Crippen LogP contribution in [-0.4, -0.2) is 58.2 Å². The first-order chi connectivity index (χ1) is 12.7. The summed E-state index contributed by atoms with van der Waals surface area (Å²) in [4.78, 5) is 27.1. The van der Waals surface area contributed by atoms with Crippen LogP contribution in [0.4, 0.5) is 0 Å². The van der Waals surface area contributed by atoms with Crippen molar-refractivity contribution in [1.29, 1.82) is 0 Å². The maximum atomic E-state index is 12.9. The molecule has 1 atom stereocenters. The minimum Gasteiger partial charge on any atom is -0.352 e. The van der Waals surface area contributed by atoms with Crippen LogP contribution in [0.2, 0.25) is 0 Å². The molecule has 1 saturated heterocycles. The molecule has 0 bridgehead atoms. The Morgan fingerprint density at radius 3 is 2.81 bits per heavy atom. The molecule has 0 aromatic carbocycles. The standard InChI is InChI=1S/C19H31N5O2/c1-2-10-24(17-8-9-20-12-17)19(26)15-11-21-23(13-15)14-18(25)22-16-6-4-3-5-7-16/h11,13,16-17,20H,2-10,12,14H2,1H3,(H,22,25). The van der Waals surface area contributed by atoms with Crippen molar-refractivity contribution in [3.8, 4) is 0 Å². The third kappa shape index (κ3) is 4.84. The first-order valence-corrected chi connectivity index (χ1v) is 10.0. The number of hydrogen-bond acceptors (Lipinski definition) is 4. The molecule has 1 unspecified atom stereocenters. The Balaban J connectivity index is 1.57. The molecule has 1 aliphatic carbocycles. The Hall–Kier alpha value is -1.89. The molecular formula is C19H31N5O2. The van der Waals surface area contributed by atoms with Crippen molar-refractivity contribution >= 4 is 11.8 Å². The van der Waals surface area contributed by atoms with E-state index in [4.69, 9.17) is 0 Å². The van der Waals surface area contributed by atoms with Crippen molar-refractivity contribution in [2.75, 3.05) is 19.6 Å². The molecule has 1 saturated carbocycles. The molecule has 26 heavy (non-hydrogen) atoms. The SMILES string of the molecule is CCCN(C(=O)c1cnn(CC(=O)NC2CCCCC2)c1)C1CCNC1. The van der Waals surface area contributed by atoms with E-state index in [0.717, 1.165) is 45.3 Å². The number of carbonyl (C=O) groups is 2. The van der Waals surface area contributed by atoms with Gasteiger partial charge in [-0.25, -0.2) is 0 Å². The normalized spacial score (nSPS) is 20.9. The maximum absolute atomic E-state index is 12.9. The third-order valence-electron chi connectivity index (χ3n) is 5.36. The van der Waals surface area contributed by atoms with Crippen molar-refractivity contribution < 1.29 is 9.59 Å². The highest BCUT2D eigenvalue weighted by atomic mass is 16.2. The van der Waals surface area contributed by atoms with Gasteiger partial charge in [0, 0.05) is 31.4 Å². The summed E-state index contributed by atoms with van der Waals surface area (Å²) in [5, 5.41) is 10.6. The molecular weight excluding hydrogens is 330 g/mol. The second kappa shape index (κ2) is 9.16. The van der Waals surface area contributed by atoms with Crippen molar-refractivity contribution in [3.05, 3.63) is 18.0 Å². The Morgan fingerprint density at radius 1 is 1.31 bits per heavy atom. The quantitative estimate of drug-likeness (QED) is 0.772. The van der Waals surface area contributed by atoms with E-state index in [0.29, 0.717) is 11.6 Å². The number of carbonyl (C=O) groups excluding carboxylic acids is 2. The zero-order valence-electron chi connectivity index (χ0n) is 15.7. The van der Waals surface area contributed by atoms with Crippen LogP contribution in [0, 0.1) is 0 Å². The zero-order valence-corrected chi connectivity index (χ0v) is 15.7. The highest BCUT2D eigenvalue weighted by Gasteiger charge is 2.27. The van der Waals surface area contributed by atoms with Crippen molar-refractivity contribution in [3.63, 3.8) is 0 Å². The van der Waals surface area contributed by atoms with E-state index in [1.54, 1.807) is 17.1 Å². The van der Waals surface area contributed by atoms with Crippen LogP contribution in [0.5, 0.6) is 0 Å². The van der Waals surface area contributed by atoms with Crippen LogP contribution in [0.15, 0.2) is 12.4 Å². The smallest absolute Gasteiger partial charge is 0.257 e. The molecule has 1 aliphatic heterocycles. The van der Waals surface area contributed by atoms with Gasteiger partial charge in [0.2, 0.25) is 5.91 Å². The summed E-state index contributed by atoms with van der Waals surface area (Å²) in [5.74, 6) is -0.0103. The number of aromatic nitrogens is 2. The average Bonchev–Trinajstić information content (AvgIpc) is 3.32. The second-order valence-electron chi connectivity index (χ2n) is 7.47. The van der Waals surface area contributed by atoms with Gasteiger partial charge in [0.05, 0.1) is 11.8 Å². The van der Waals surface area contributed by atoms with Gasteiger partial charge in [0.15, 0.2) is 0 Å². The highest BCUT2D eigenvalue weighted by molar-refractivity contribution is 5.94. The van der Waals surface area contributed by atoms with Gasteiger partial charge >= 0.3 is 0 Å². The van der Waals surface area contributed by atoms with E-state index in [9.17, 15) is 9.59 Å². The minimum absolute atomic E-state index is 0.0134. The van der Waals surface area contributed by atoms with Crippen LogP contribution >= 0.6 is 0 Å². The lowest BCUT2D eigenvalue weighted by molar-refractivity contribution is -0.122. The lowest BCUT2D eigenvalue weighted by Crippen LogP contribution is -2.42. The van der Waals surface area contributed by atoms with E-state index in [-0.39, 0.29) is 24.4 Å². The molecule has 2 aliphatic rings. The molecule has 2 amide bonds. The monoisotopic (exact) mass is 361 g/mol. The van der Waals surface area contributed by atoms with E-state index in [1.165, 1.54) is 19.3 Å². The van der Waals surface area contributed by atoms with Crippen LogP contribution in [-0.2, 0) is 11.3 Å². The molecule has 0 radical (unpaired) electrons. The van der Waals surface area contributed by atoms with Crippen LogP contribution < -0.4 is 10.6 Å². The Labute approximate surface area is 155 Å². The molecule has 1 aromatic heterocycles. The summed E-state index contributed by atoms with van der Waals surface area (Å²) in [7, 11) is 0. The lowest BCUT2D eigenvalue weighted by Gasteiger charge is -2.27. The van der Waals surface area contributed by atoms with Gasteiger partial charge in [-0.05, 0) is 32.2 Å². The number of nitrogens with zero attached hydrogens (tertiary/aromatic N) is 3. The van der Waals surface area contributed by atoms with E-state index < -0.39 is 0 Å². The third-order valence-corrected chi connectivity index (χ3v) is 5.36. The maximum Gasteiger partial charge on any atom is 0.257 e. The average molecular weight is 361 g/mol. The summed E-state index contributed by atoms with van der Waals surface area (Å²) in [6.45, 7) is 4.81. The fourth-order valence-corrected chi connectivity index (χ4v) is 3.99. The summed E-state index contributed by atoms with van der Waals surface area (Å²) in [6, 6.07) is 0.545. The Kier molecular flexibility index (Phi) is 6.66. The van der Waals surface area contributed by atoms with Gasteiger partial charge in [0.25, 0.3) is 5.91 Å². The summed E-state index contributed by atoms with van der Waals surface area (Å²) < 4.78 is 1.57. The van der Waals surface area contributed by atoms with Crippen LogP contribution in [0.25, 0.3) is 0 Å². The van der Waals surface area contributed by atoms with Gasteiger partial charge in [-0.15, -0.1) is 0 Å². The predicted octanol–water partition coefficient (Wildman–Crippen LogP) is 1.55. The molecule has 3 rings (SSSR count). The van der Waals surface area contributed by atoms with Crippen molar-refractivity contribution in [1.82, 2.24) is 25.3 Å². The topological polar surface area (TPSA) is 79.3 Å². The van der Waals surface area contributed by atoms with Crippen molar-refractivity contribution in [2.45, 2.75) is 70.5 Å². The van der Waals surface area contributed by atoms with E-state index in [1.807, 2.05) is 4.90 Å². The lowest BCUT2D eigenvalue weighted by atomic mass is 9.95. The number of amides is 2. The Morgan fingerprint density at radius 2 is 2.12 bits per heavy atom. The highest BCUT2D eigenvalue weighted by Crippen LogP contribution is 2.17. The zero-order chi connectivity index (χ0) is 18.4. The first kappa shape index (κ1) is 18.9. The molecule has 1 aromatic rings. The van der Waals surface area contributed by atoms with Crippen LogP contribution in [0.1, 0.15) is 62.2 Å². The summed E-state index contributed by atoms with van der Waals surface area (Å²) in [5.41, 5.74) is 0.566. The molecule has 2 heterocycles. The molecule has 0 spiro atoms. The van der Waals surface area contributed by atoms with Gasteiger partial charge < -0.3 is 15.5 Å². The first-order valence-electron chi connectivity index (χ1n) is 10.0. The molecule has 2 N–H and O–H groups in total. The number of rotatable bonds is 7. The number of hydrogen-bond donors (Lipinski definition) is 2. The minimum atomic E-state index is -0.0237. The van der Waals surface area contributed by atoms with E-state index in [2.05, 4.69) is 22.7 Å². The van der Waals surface area contributed by atoms with E-state index >= 15 is 0 Å². The van der Waals surface area contributed by atoms with Crippen molar-refractivity contribution in [2.24, 2.45) is 0 Å². The second-order valence-corrected chi connectivity index (χ2v) is 7.47. The molecule has 7 nitrogen and oxygen atoms in total. The molecule has 144 valence electrons. The summed E-state index contributed by atoms with van der Waals surface area (Å²) in [6.07, 6.45) is 11.0. The van der Waals surface area contributed by atoms with Gasteiger partial charge in [-0.3, -0.25) is 14.3 Å². The molecule has 7 heteroatoms. The summed E-state index contributed by atoms with van der Waals surface area (Å²) >= 11 is 0. The molecule has 2 fully saturated rings. The largest absolute Gasteiger partial charge is 0.352 e. The fourth-order valence-electron chi connectivity index (χ4n) is 3.99. The fraction of sp³-hybridized carbons (Fsp3) is 0.737. The van der Waals surface area contributed by atoms with Gasteiger partial charge in [-0.1, -0.05) is 26.2 Å². The number of nitrogens with one attached hydrogen (secondary N) is 2. The Bertz CT molecular complexity index is 603. The van der Waals surface area contributed by atoms with Crippen LogP contribution in [0.3, 0.4) is 0 Å².